The van der Waals surface area contributed by atoms with Gasteiger partial charge in [-0.1, -0.05) is 19.1 Å². The first kappa shape index (κ1) is 16.2. The molecule has 3 aromatic rings. The van der Waals surface area contributed by atoms with E-state index in [2.05, 4.69) is 22.1 Å². The van der Waals surface area contributed by atoms with Gasteiger partial charge in [-0.15, -0.1) is 11.3 Å². The monoisotopic (exact) mass is 359 g/mol. The number of carbonyl (C=O) groups is 1. The summed E-state index contributed by atoms with van der Waals surface area (Å²) in [5, 5.41) is 3.98. The number of likely N-dealkylation sites (N-methyl/N-ethyl adjacent to an activating group) is 1. The number of hydrogen-bond donors (Lipinski definition) is 1. The number of rotatable bonds is 3. The van der Waals surface area contributed by atoms with E-state index in [4.69, 9.17) is 4.42 Å². The van der Waals surface area contributed by atoms with Crippen molar-refractivity contribution in [2.24, 2.45) is 0 Å². The molecule has 0 radical (unpaired) electrons. The molecule has 1 aromatic carbocycles. The number of thiazole rings is 1. The van der Waals surface area contributed by atoms with Gasteiger partial charge in [0, 0.05) is 35.3 Å². The molecule has 0 fully saturated rings. The van der Waals surface area contributed by atoms with Gasteiger partial charge in [-0.05, 0) is 19.5 Å². The van der Waals surface area contributed by atoms with Crippen LogP contribution in [-0.2, 0) is 13.0 Å². The van der Waals surface area contributed by atoms with E-state index >= 15 is 0 Å². The van der Waals surface area contributed by atoms with Crippen LogP contribution in [0.1, 0.15) is 33.6 Å². The molecular weight excluding hydrogens is 341 g/mol. The Balaban J connectivity index is 1.60. The summed E-state index contributed by atoms with van der Waals surface area (Å²) in [6, 6.07) is 4.67. The molecule has 4 rings (SSSR count). The summed E-state index contributed by atoms with van der Waals surface area (Å²) >= 11 is 1.49. The van der Waals surface area contributed by atoms with Crippen LogP contribution in [-0.4, -0.2) is 28.9 Å². The van der Waals surface area contributed by atoms with E-state index in [0.29, 0.717) is 16.1 Å². The van der Waals surface area contributed by atoms with Crippen LogP contribution in [0.15, 0.2) is 22.6 Å². The minimum absolute atomic E-state index is 0.113. The summed E-state index contributed by atoms with van der Waals surface area (Å²) in [7, 11) is 0. The van der Waals surface area contributed by atoms with E-state index in [-0.39, 0.29) is 11.3 Å². The van der Waals surface area contributed by atoms with Crippen LogP contribution in [0.5, 0.6) is 0 Å². The van der Waals surface area contributed by atoms with Gasteiger partial charge in [0.1, 0.15) is 0 Å². The first-order valence-corrected chi connectivity index (χ1v) is 9.08. The zero-order chi connectivity index (χ0) is 17.6. The number of nitrogens with one attached hydrogen (secondary N) is 1. The maximum atomic E-state index is 13.9. The van der Waals surface area contributed by atoms with Crippen molar-refractivity contribution in [1.29, 1.82) is 0 Å². The molecule has 1 amide bonds. The lowest BCUT2D eigenvalue weighted by Gasteiger charge is -2.23. The molecule has 3 heterocycles. The number of fused-ring (bicyclic) bond motifs is 2. The summed E-state index contributed by atoms with van der Waals surface area (Å²) in [5.74, 6) is -0.737. The van der Waals surface area contributed by atoms with Gasteiger partial charge in [0.15, 0.2) is 22.3 Å². The third kappa shape index (κ3) is 2.83. The Hall–Kier alpha value is -2.25. The standard InChI is InChI=1S/C18H18FN3O2S/c1-3-22-8-7-13-14(9-22)25-18(20-13)21-17(23)15-10(2)11-5-4-6-12(19)16(11)24-15/h4-6H,3,7-9H2,1-2H3,(H,20,21,23). The van der Waals surface area contributed by atoms with Crippen LogP contribution < -0.4 is 5.32 Å². The van der Waals surface area contributed by atoms with Gasteiger partial charge in [-0.2, -0.15) is 0 Å². The fraction of sp³-hybridized carbons (Fsp3) is 0.333. The zero-order valence-corrected chi connectivity index (χ0v) is 14.9. The van der Waals surface area contributed by atoms with Gasteiger partial charge >= 0.3 is 0 Å². The number of amides is 1. The van der Waals surface area contributed by atoms with E-state index in [1.807, 2.05) is 0 Å². The second-order valence-electron chi connectivity index (χ2n) is 6.13. The van der Waals surface area contributed by atoms with Crippen LogP contribution in [0.3, 0.4) is 0 Å². The summed E-state index contributed by atoms with van der Waals surface area (Å²) in [6.45, 7) is 6.75. The van der Waals surface area contributed by atoms with Crippen molar-refractivity contribution in [1.82, 2.24) is 9.88 Å². The summed E-state index contributed by atoms with van der Waals surface area (Å²) in [5.41, 5.74) is 1.80. The Kier molecular flexibility index (Phi) is 4.05. The third-order valence-electron chi connectivity index (χ3n) is 4.60. The van der Waals surface area contributed by atoms with Crippen LogP contribution in [0.4, 0.5) is 9.52 Å². The average molecular weight is 359 g/mol. The van der Waals surface area contributed by atoms with Crippen molar-refractivity contribution in [3.8, 4) is 0 Å². The van der Waals surface area contributed by atoms with Crippen molar-refractivity contribution in [3.63, 3.8) is 0 Å². The molecule has 0 unspecified atom stereocenters. The van der Waals surface area contributed by atoms with Gasteiger partial charge in [0.25, 0.3) is 5.91 Å². The average Bonchev–Trinajstić information content (AvgIpc) is 3.16. The topological polar surface area (TPSA) is 58.4 Å². The Morgan fingerprint density at radius 3 is 3.08 bits per heavy atom. The maximum absolute atomic E-state index is 13.9. The molecular formula is C18H18FN3O2S. The lowest BCUT2D eigenvalue weighted by molar-refractivity contribution is 0.0997. The Morgan fingerprint density at radius 1 is 1.48 bits per heavy atom. The molecule has 0 saturated carbocycles. The molecule has 0 bridgehead atoms. The number of nitrogens with zero attached hydrogens (tertiary/aromatic N) is 2. The van der Waals surface area contributed by atoms with E-state index < -0.39 is 11.7 Å². The molecule has 5 nitrogen and oxygen atoms in total. The first-order chi connectivity index (χ1) is 12.1. The number of aromatic nitrogens is 1. The van der Waals surface area contributed by atoms with Gasteiger partial charge in [-0.25, -0.2) is 9.37 Å². The molecule has 0 aliphatic carbocycles. The van der Waals surface area contributed by atoms with Crippen LogP contribution in [0.25, 0.3) is 11.0 Å². The molecule has 1 N–H and O–H groups in total. The van der Waals surface area contributed by atoms with Crippen LogP contribution in [0.2, 0.25) is 0 Å². The van der Waals surface area contributed by atoms with Crippen molar-refractivity contribution < 1.29 is 13.6 Å². The number of halogens is 1. The number of para-hydroxylation sites is 1. The number of carbonyl (C=O) groups excluding carboxylic acids is 1. The molecule has 0 spiro atoms. The maximum Gasteiger partial charge on any atom is 0.293 e. The Bertz CT molecular complexity index is 963. The molecule has 1 aliphatic rings. The van der Waals surface area contributed by atoms with Crippen LogP contribution >= 0.6 is 11.3 Å². The number of anilines is 1. The third-order valence-corrected chi connectivity index (χ3v) is 5.60. The SMILES string of the molecule is CCN1CCc2nc(NC(=O)c3oc4c(F)cccc4c3C)sc2C1. The zero-order valence-electron chi connectivity index (χ0n) is 14.1. The van der Waals surface area contributed by atoms with Crippen molar-refractivity contribution in [3.05, 3.63) is 45.9 Å². The van der Waals surface area contributed by atoms with Crippen molar-refractivity contribution in [2.45, 2.75) is 26.8 Å². The van der Waals surface area contributed by atoms with Gasteiger partial charge in [0.05, 0.1) is 5.69 Å². The molecule has 130 valence electrons. The molecule has 1 aliphatic heterocycles. The van der Waals surface area contributed by atoms with Gasteiger partial charge in [-0.3, -0.25) is 15.0 Å². The second kappa shape index (κ2) is 6.24. The molecule has 0 saturated heterocycles. The van der Waals surface area contributed by atoms with Gasteiger partial charge in [0.2, 0.25) is 0 Å². The molecule has 0 atom stereocenters. The highest BCUT2D eigenvalue weighted by atomic mass is 32.1. The minimum atomic E-state index is -0.469. The molecule has 2 aromatic heterocycles. The first-order valence-electron chi connectivity index (χ1n) is 8.26. The minimum Gasteiger partial charge on any atom is -0.448 e. The summed E-state index contributed by atoms with van der Waals surface area (Å²) < 4.78 is 19.3. The summed E-state index contributed by atoms with van der Waals surface area (Å²) in [6.07, 6.45) is 0.893. The number of benzene rings is 1. The number of aryl methyl sites for hydroxylation is 1. The highest BCUT2D eigenvalue weighted by molar-refractivity contribution is 7.15. The Labute approximate surface area is 148 Å². The van der Waals surface area contributed by atoms with E-state index in [1.165, 1.54) is 22.3 Å². The van der Waals surface area contributed by atoms with Crippen LogP contribution in [0, 0.1) is 12.7 Å². The second-order valence-corrected chi connectivity index (χ2v) is 7.22. The normalized spacial score (nSPS) is 14.7. The Morgan fingerprint density at radius 2 is 2.32 bits per heavy atom. The van der Waals surface area contributed by atoms with Gasteiger partial charge < -0.3 is 4.42 Å². The lowest BCUT2D eigenvalue weighted by Crippen LogP contribution is -2.29. The van der Waals surface area contributed by atoms with E-state index in [9.17, 15) is 9.18 Å². The highest BCUT2D eigenvalue weighted by Crippen LogP contribution is 2.30. The van der Waals surface area contributed by atoms with E-state index in [0.717, 1.165) is 31.7 Å². The quantitative estimate of drug-likeness (QED) is 0.769. The largest absolute Gasteiger partial charge is 0.448 e. The highest BCUT2D eigenvalue weighted by Gasteiger charge is 2.23. The van der Waals surface area contributed by atoms with Crippen molar-refractivity contribution in [2.75, 3.05) is 18.4 Å². The fourth-order valence-corrected chi connectivity index (χ4v) is 4.20. The molecule has 7 heteroatoms. The summed E-state index contributed by atoms with van der Waals surface area (Å²) in [4.78, 5) is 20.6. The van der Waals surface area contributed by atoms with E-state index in [1.54, 1.807) is 19.1 Å². The lowest BCUT2D eigenvalue weighted by atomic mass is 10.1. The molecule has 25 heavy (non-hydrogen) atoms. The number of hydrogen-bond acceptors (Lipinski definition) is 5. The number of furan rings is 1. The van der Waals surface area contributed by atoms with Crippen molar-refractivity contribution >= 4 is 33.3 Å². The smallest absolute Gasteiger partial charge is 0.293 e. The predicted molar refractivity (Wildman–Crippen MR) is 95.6 cm³/mol. The predicted octanol–water partition coefficient (Wildman–Crippen LogP) is 3.97. The fourth-order valence-electron chi connectivity index (χ4n) is 3.15.